The van der Waals surface area contributed by atoms with E-state index in [1.54, 1.807) is 23.2 Å². The van der Waals surface area contributed by atoms with Gasteiger partial charge in [-0.3, -0.25) is 9.59 Å². The van der Waals surface area contributed by atoms with E-state index in [1.165, 1.54) is 55.5 Å². The van der Waals surface area contributed by atoms with Crippen LogP contribution in [0.4, 0.5) is 20.2 Å². The molecule has 4 atom stereocenters. The van der Waals surface area contributed by atoms with Crippen molar-refractivity contribution in [1.82, 2.24) is 37.8 Å². The van der Waals surface area contributed by atoms with E-state index in [-0.39, 0.29) is 36.0 Å². The van der Waals surface area contributed by atoms with Crippen LogP contribution in [0.5, 0.6) is 0 Å². The lowest BCUT2D eigenvalue weighted by Crippen LogP contribution is -2.58. The number of benzene rings is 2. The van der Waals surface area contributed by atoms with Crippen LogP contribution in [0, 0.1) is 11.6 Å². The smallest absolute Gasteiger partial charge is 0.280 e. The molecule has 2 aromatic carbocycles. The number of anilines is 2. The van der Waals surface area contributed by atoms with Crippen LogP contribution in [0.2, 0.25) is 10.0 Å². The summed E-state index contributed by atoms with van der Waals surface area (Å²) >= 11 is 14.3. The Morgan fingerprint density at radius 3 is 1.39 bits per heavy atom. The lowest BCUT2D eigenvalue weighted by atomic mass is 10.1. The van der Waals surface area contributed by atoms with Crippen LogP contribution in [-0.4, -0.2) is 121 Å². The van der Waals surface area contributed by atoms with Gasteiger partial charge in [0.25, 0.3) is 20.4 Å². The fourth-order valence-corrected chi connectivity index (χ4v) is 12.4. The average molecular weight is 1010 g/mol. The molecule has 4 N–H and O–H groups in total. The lowest BCUT2D eigenvalue weighted by Gasteiger charge is -2.37. The van der Waals surface area contributed by atoms with Crippen LogP contribution in [0.1, 0.15) is 75.5 Å². The Morgan fingerprint density at radius 1 is 0.703 bits per heavy atom. The molecule has 2 aliphatic heterocycles. The van der Waals surface area contributed by atoms with Gasteiger partial charge in [0.05, 0.1) is 22.1 Å². The Kier molecular flexibility index (Phi) is 19.4. The third kappa shape index (κ3) is 13.9. The number of hydrogen-bond donors (Lipinski definition) is 4. The first kappa shape index (κ1) is 51.7. The Balaban J connectivity index is 0.000000241. The number of hydrogen-bond acceptors (Lipinski definition) is 12. The molecule has 2 saturated heterocycles. The van der Waals surface area contributed by atoms with Crippen molar-refractivity contribution in [3.8, 4) is 0 Å². The van der Waals surface area contributed by atoms with Crippen molar-refractivity contribution >= 4 is 89.5 Å². The van der Waals surface area contributed by atoms with Crippen LogP contribution in [0.25, 0.3) is 0 Å². The third-order valence-corrected chi connectivity index (χ3v) is 16.4. The quantitative estimate of drug-likeness (QED) is 0.0856. The molecule has 2 amide bonds. The maximum Gasteiger partial charge on any atom is 0.280 e. The molecule has 2 fully saturated rings. The summed E-state index contributed by atoms with van der Waals surface area (Å²) in [5, 5.41) is 9.82. The highest BCUT2D eigenvalue weighted by atomic mass is 35.5. The van der Waals surface area contributed by atoms with Crippen molar-refractivity contribution in [3.05, 3.63) is 91.2 Å². The van der Waals surface area contributed by atoms with Crippen molar-refractivity contribution in [1.29, 1.82) is 0 Å². The van der Waals surface area contributed by atoms with Crippen molar-refractivity contribution in [3.63, 3.8) is 0 Å². The highest BCUT2D eigenvalue weighted by molar-refractivity contribution is 7.87. The minimum atomic E-state index is -3.93. The zero-order valence-electron chi connectivity index (χ0n) is 35.8. The van der Waals surface area contributed by atoms with Gasteiger partial charge in [-0.1, -0.05) is 50.9 Å². The summed E-state index contributed by atoms with van der Waals surface area (Å²) in [5.74, 6) is -2.20. The fourth-order valence-electron chi connectivity index (χ4n) is 7.33. The number of halogens is 4. The molecule has 0 radical (unpaired) electrons. The molecule has 352 valence electrons. The van der Waals surface area contributed by atoms with Gasteiger partial charge in [-0.05, 0) is 101 Å². The second-order valence-corrected chi connectivity index (χ2v) is 20.8. The maximum absolute atomic E-state index is 13.5. The summed E-state index contributed by atoms with van der Waals surface area (Å²) in [6, 6.07) is 4.56. The Hall–Kier alpha value is -3.26. The largest absolute Gasteiger partial charge is 0.325 e. The monoisotopic (exact) mass is 1010 g/mol. The Bertz CT molecular complexity index is 2200. The van der Waals surface area contributed by atoms with E-state index < -0.39 is 68.0 Å². The number of amides is 2. The van der Waals surface area contributed by atoms with E-state index in [0.717, 1.165) is 51.4 Å². The van der Waals surface area contributed by atoms with Crippen molar-refractivity contribution in [2.24, 2.45) is 0 Å². The van der Waals surface area contributed by atoms with Crippen molar-refractivity contribution in [2.75, 3.05) is 63.0 Å². The number of nitrogens with one attached hydrogen (secondary N) is 4. The molecule has 2 aliphatic rings. The highest BCUT2D eigenvalue weighted by Crippen LogP contribution is 2.33. The van der Waals surface area contributed by atoms with Crippen LogP contribution < -0.4 is 20.1 Å². The second-order valence-electron chi connectivity index (χ2n) is 14.8. The minimum Gasteiger partial charge on any atom is -0.325 e. The second kappa shape index (κ2) is 24.0. The van der Waals surface area contributed by atoms with Crippen LogP contribution in [0.3, 0.4) is 0 Å². The summed E-state index contributed by atoms with van der Waals surface area (Å²) in [4.78, 5) is 39.2. The molecule has 0 aliphatic carbocycles. The standard InChI is InChI=1S/2C20H27ClFN5O3S2/c2*1-3-26(4-2)9-5-10-27-18(19(28)24-14-6-7-16(22)15(21)12-14)13-17(25-32(27,29)30)20-23-8-11-31-20/h2*6-8,11-12,17-18,25H,3-5,9-10,13H2,1-2H3,(H,24,28)/t2*17-,18+/m10/s1. The first-order valence-corrected chi connectivity index (χ1v) is 26.2. The summed E-state index contributed by atoms with van der Waals surface area (Å²) in [6.45, 7) is 13.5. The molecular formula is C40H54Cl2F2N10O6S4. The van der Waals surface area contributed by atoms with E-state index in [2.05, 4.69) is 39.8 Å². The molecule has 0 unspecified atom stereocenters. The molecule has 0 spiro atoms. The van der Waals surface area contributed by atoms with Gasteiger partial charge < -0.3 is 20.4 Å². The normalized spacial score (nSPS) is 21.0. The fraction of sp³-hybridized carbons (Fsp3) is 0.500. The van der Waals surface area contributed by atoms with Gasteiger partial charge in [0.1, 0.15) is 33.7 Å². The summed E-state index contributed by atoms with van der Waals surface area (Å²) in [5.41, 5.74) is 0.595. The third-order valence-electron chi connectivity index (χ3n) is 10.8. The minimum absolute atomic E-state index is 0.127. The average Bonchev–Trinajstić information content (AvgIpc) is 4.01. The van der Waals surface area contributed by atoms with Gasteiger partial charge in [0, 0.05) is 47.6 Å². The van der Waals surface area contributed by atoms with Gasteiger partial charge >= 0.3 is 0 Å². The number of thiazole rings is 2. The van der Waals surface area contributed by atoms with Gasteiger partial charge in [0.2, 0.25) is 11.8 Å². The Morgan fingerprint density at radius 2 is 1.08 bits per heavy atom. The predicted molar refractivity (Wildman–Crippen MR) is 249 cm³/mol. The molecule has 0 saturated carbocycles. The predicted octanol–water partition coefficient (Wildman–Crippen LogP) is 6.51. The number of aromatic nitrogens is 2. The number of carbonyl (C=O) groups excluding carboxylic acids is 2. The molecule has 0 bridgehead atoms. The molecule has 4 heterocycles. The molecule has 2 aromatic heterocycles. The zero-order valence-corrected chi connectivity index (χ0v) is 40.6. The van der Waals surface area contributed by atoms with E-state index in [0.29, 0.717) is 34.2 Å². The van der Waals surface area contributed by atoms with Crippen molar-refractivity contribution < 1.29 is 35.2 Å². The first-order chi connectivity index (χ1) is 30.5. The number of rotatable bonds is 18. The van der Waals surface area contributed by atoms with Crippen LogP contribution in [-0.2, 0) is 30.0 Å². The molecule has 16 nitrogen and oxygen atoms in total. The van der Waals surface area contributed by atoms with Gasteiger partial charge in [0.15, 0.2) is 0 Å². The maximum atomic E-state index is 13.5. The zero-order chi connectivity index (χ0) is 46.6. The lowest BCUT2D eigenvalue weighted by molar-refractivity contribution is -0.121. The van der Waals surface area contributed by atoms with Gasteiger partial charge in [-0.2, -0.15) is 34.9 Å². The SMILES string of the molecule is CCN(CC)CCCN1[C@@H](C(=O)Nc2ccc(F)c(Cl)c2)C[C@@H](c2nccs2)NS1(=O)=O.CCN(CC)CCCN1[C@H](C(=O)Nc2ccc(F)c(Cl)c2)C[C@H](c2nccs2)NS1(=O)=O. The number of carbonyl (C=O) groups is 2. The van der Waals surface area contributed by atoms with Crippen LogP contribution >= 0.6 is 45.9 Å². The summed E-state index contributed by atoms with van der Waals surface area (Å²) < 4.78 is 87.1. The van der Waals surface area contributed by atoms with Gasteiger partial charge in [-0.15, -0.1) is 22.7 Å². The van der Waals surface area contributed by atoms with Gasteiger partial charge in [-0.25, -0.2) is 18.7 Å². The van der Waals surface area contributed by atoms with E-state index in [1.807, 2.05) is 27.7 Å². The van der Waals surface area contributed by atoms with Crippen LogP contribution in [0.15, 0.2) is 59.6 Å². The summed E-state index contributed by atoms with van der Waals surface area (Å²) in [7, 11) is -7.85. The topological polar surface area (TPSA) is 189 Å². The van der Waals surface area contributed by atoms with E-state index in [9.17, 15) is 35.2 Å². The Labute approximate surface area is 392 Å². The molecule has 64 heavy (non-hydrogen) atoms. The summed E-state index contributed by atoms with van der Waals surface area (Å²) in [6.07, 6.45) is 4.80. The number of nitrogens with zero attached hydrogens (tertiary/aromatic N) is 6. The molecule has 4 aromatic rings. The van der Waals surface area contributed by atoms with E-state index >= 15 is 0 Å². The van der Waals surface area contributed by atoms with E-state index in [4.69, 9.17) is 23.2 Å². The highest BCUT2D eigenvalue weighted by Gasteiger charge is 2.45. The molecule has 6 rings (SSSR count). The first-order valence-electron chi connectivity index (χ1n) is 20.8. The molecular weight excluding hydrogens is 954 g/mol. The molecule has 24 heteroatoms. The van der Waals surface area contributed by atoms with Crippen molar-refractivity contribution in [2.45, 2.75) is 77.5 Å².